The van der Waals surface area contributed by atoms with Crippen molar-refractivity contribution in [3.8, 4) is 5.06 Å². The summed E-state index contributed by atoms with van der Waals surface area (Å²) < 4.78 is 11.4. The highest BCUT2D eigenvalue weighted by Crippen LogP contribution is 2.28. The van der Waals surface area contributed by atoms with Crippen molar-refractivity contribution in [2.45, 2.75) is 12.6 Å². The van der Waals surface area contributed by atoms with E-state index in [0.29, 0.717) is 40.4 Å². The Morgan fingerprint density at radius 1 is 1.31 bits per heavy atom. The molecule has 11 heteroatoms. The van der Waals surface area contributed by atoms with Crippen LogP contribution in [0.2, 0.25) is 4.34 Å². The van der Waals surface area contributed by atoms with E-state index in [1.54, 1.807) is 24.1 Å². The average Bonchev–Trinajstić information content (AvgIpc) is 3.19. The van der Waals surface area contributed by atoms with E-state index in [1.165, 1.54) is 22.6 Å². The summed E-state index contributed by atoms with van der Waals surface area (Å²) in [6.07, 6.45) is 1.41. The highest BCUT2D eigenvalue weighted by Gasteiger charge is 2.35. The first-order valence-electron chi connectivity index (χ1n) is 9.88. The summed E-state index contributed by atoms with van der Waals surface area (Å²) in [5.74, 6) is -0.0105. The number of fused-ring (bicyclic) bond motifs is 1. The van der Waals surface area contributed by atoms with Gasteiger partial charge in [-0.15, -0.1) is 0 Å². The molecular weight excluding hydrogens is 454 g/mol. The van der Waals surface area contributed by atoms with E-state index in [1.807, 2.05) is 18.2 Å². The maximum absolute atomic E-state index is 13.0. The fourth-order valence-electron chi connectivity index (χ4n) is 3.64. The van der Waals surface area contributed by atoms with Crippen LogP contribution in [0.4, 0.5) is 5.82 Å². The number of benzene rings is 1. The summed E-state index contributed by atoms with van der Waals surface area (Å²) in [6.45, 7) is 0.861. The zero-order valence-corrected chi connectivity index (χ0v) is 18.9. The van der Waals surface area contributed by atoms with Crippen molar-refractivity contribution >= 4 is 51.5 Å². The van der Waals surface area contributed by atoms with Crippen LogP contribution in [0.25, 0.3) is 10.9 Å². The first-order valence-corrected chi connectivity index (χ1v) is 11.1. The monoisotopic (exact) mass is 475 g/mol. The van der Waals surface area contributed by atoms with Crippen LogP contribution in [0.5, 0.6) is 5.06 Å². The minimum atomic E-state index is -0.285. The SMILES string of the molecule is COC[C@H]1CN(C(=O)COc2ccc(Cl)s2)CC(=O)N1Cc1ccc2c(N)ncnc2c1. The van der Waals surface area contributed by atoms with Gasteiger partial charge in [0.05, 0.1) is 29.0 Å². The Kier molecular flexibility index (Phi) is 6.73. The highest BCUT2D eigenvalue weighted by molar-refractivity contribution is 7.17. The Balaban J connectivity index is 1.44. The van der Waals surface area contributed by atoms with Crippen LogP contribution in [0.3, 0.4) is 0 Å². The van der Waals surface area contributed by atoms with E-state index in [-0.39, 0.29) is 31.0 Å². The Bertz CT molecular complexity index is 1140. The number of piperazine rings is 1. The third kappa shape index (κ3) is 4.93. The number of nitrogens with zero attached hydrogens (tertiary/aromatic N) is 4. The molecule has 1 aliphatic rings. The summed E-state index contributed by atoms with van der Waals surface area (Å²) in [7, 11) is 1.57. The van der Waals surface area contributed by atoms with Crippen LogP contribution in [-0.4, -0.2) is 71.0 Å². The number of carbonyl (C=O) groups is 2. The van der Waals surface area contributed by atoms with Crippen molar-refractivity contribution in [1.29, 1.82) is 0 Å². The van der Waals surface area contributed by atoms with Gasteiger partial charge in [-0.05, 0) is 29.8 Å². The van der Waals surface area contributed by atoms with Gasteiger partial charge in [0.25, 0.3) is 5.91 Å². The maximum Gasteiger partial charge on any atom is 0.261 e. The molecule has 2 N–H and O–H groups in total. The number of hydrogen-bond donors (Lipinski definition) is 1. The molecule has 1 aliphatic heterocycles. The Labute approximate surface area is 193 Å². The molecule has 0 saturated carbocycles. The molecule has 3 heterocycles. The third-order valence-corrected chi connectivity index (χ3v) is 6.34. The Morgan fingerprint density at radius 3 is 2.91 bits per heavy atom. The number of ether oxygens (including phenoxy) is 2. The number of hydrogen-bond acceptors (Lipinski definition) is 8. The number of thiophene rings is 1. The minimum absolute atomic E-state index is 0.0176. The molecule has 9 nitrogen and oxygen atoms in total. The molecular formula is C21H22ClN5O4S. The Hall–Kier alpha value is -2.95. The lowest BCUT2D eigenvalue weighted by Gasteiger charge is -2.40. The van der Waals surface area contributed by atoms with Gasteiger partial charge in [-0.3, -0.25) is 9.59 Å². The highest BCUT2D eigenvalue weighted by atomic mass is 35.5. The molecule has 0 bridgehead atoms. The largest absolute Gasteiger partial charge is 0.474 e. The average molecular weight is 476 g/mol. The smallest absolute Gasteiger partial charge is 0.261 e. The van der Waals surface area contributed by atoms with Gasteiger partial charge in [0.2, 0.25) is 5.91 Å². The zero-order chi connectivity index (χ0) is 22.7. The number of amides is 2. The molecule has 0 radical (unpaired) electrons. The topological polar surface area (TPSA) is 111 Å². The van der Waals surface area contributed by atoms with Crippen molar-refractivity contribution < 1.29 is 19.1 Å². The molecule has 3 aromatic rings. The molecule has 1 aromatic carbocycles. The molecule has 1 saturated heterocycles. The van der Waals surface area contributed by atoms with Gasteiger partial charge < -0.3 is 25.0 Å². The first-order chi connectivity index (χ1) is 15.4. The summed E-state index contributed by atoms with van der Waals surface area (Å²) in [5, 5.41) is 1.32. The Morgan fingerprint density at radius 2 is 2.16 bits per heavy atom. The number of rotatable bonds is 7. The number of carbonyl (C=O) groups excluding carboxylic acids is 2. The normalized spacial score (nSPS) is 16.6. The molecule has 168 valence electrons. The molecule has 0 aliphatic carbocycles. The van der Waals surface area contributed by atoms with Crippen LogP contribution in [0.1, 0.15) is 5.56 Å². The summed E-state index contributed by atoms with van der Waals surface area (Å²) >= 11 is 7.13. The lowest BCUT2D eigenvalue weighted by Crippen LogP contribution is -2.59. The number of anilines is 1. The minimum Gasteiger partial charge on any atom is -0.474 e. The number of nitrogens with two attached hydrogens (primary N) is 1. The van der Waals surface area contributed by atoms with Crippen LogP contribution >= 0.6 is 22.9 Å². The van der Waals surface area contributed by atoms with E-state index in [0.717, 1.165) is 10.9 Å². The van der Waals surface area contributed by atoms with E-state index >= 15 is 0 Å². The number of nitrogen functional groups attached to an aromatic ring is 1. The second kappa shape index (κ2) is 9.68. The second-order valence-electron chi connectivity index (χ2n) is 7.36. The van der Waals surface area contributed by atoms with Gasteiger partial charge in [0, 0.05) is 25.6 Å². The third-order valence-electron chi connectivity index (χ3n) is 5.20. The van der Waals surface area contributed by atoms with E-state index in [4.69, 9.17) is 26.8 Å². The molecule has 1 fully saturated rings. The number of halogens is 1. The van der Waals surface area contributed by atoms with Crippen molar-refractivity contribution in [1.82, 2.24) is 19.8 Å². The van der Waals surface area contributed by atoms with Gasteiger partial charge in [0.15, 0.2) is 11.7 Å². The predicted octanol–water partition coefficient (Wildman–Crippen LogP) is 2.19. The van der Waals surface area contributed by atoms with Gasteiger partial charge in [-0.1, -0.05) is 29.0 Å². The van der Waals surface area contributed by atoms with Crippen molar-refractivity contribution in [3.63, 3.8) is 0 Å². The van der Waals surface area contributed by atoms with Gasteiger partial charge in [0.1, 0.15) is 12.1 Å². The van der Waals surface area contributed by atoms with Crippen molar-refractivity contribution in [2.75, 3.05) is 39.1 Å². The first kappa shape index (κ1) is 22.3. The van der Waals surface area contributed by atoms with Gasteiger partial charge >= 0.3 is 0 Å². The van der Waals surface area contributed by atoms with Crippen LogP contribution in [-0.2, 0) is 20.9 Å². The molecule has 0 unspecified atom stereocenters. The van der Waals surface area contributed by atoms with E-state index < -0.39 is 0 Å². The fourth-order valence-corrected chi connectivity index (χ4v) is 4.51. The van der Waals surface area contributed by atoms with Crippen LogP contribution < -0.4 is 10.5 Å². The summed E-state index contributed by atoms with van der Waals surface area (Å²) in [4.78, 5) is 37.1. The summed E-state index contributed by atoms with van der Waals surface area (Å²) in [5.41, 5.74) is 7.51. The van der Waals surface area contributed by atoms with Crippen LogP contribution in [0, 0.1) is 0 Å². The predicted molar refractivity (Wildman–Crippen MR) is 122 cm³/mol. The molecule has 2 aromatic heterocycles. The maximum atomic E-state index is 13.0. The van der Waals surface area contributed by atoms with E-state index in [9.17, 15) is 9.59 Å². The lowest BCUT2D eigenvalue weighted by atomic mass is 10.1. The van der Waals surface area contributed by atoms with E-state index in [2.05, 4.69) is 9.97 Å². The second-order valence-corrected chi connectivity index (χ2v) is 9.04. The molecule has 4 rings (SSSR count). The summed E-state index contributed by atoms with van der Waals surface area (Å²) in [6, 6.07) is 8.77. The molecule has 2 amide bonds. The zero-order valence-electron chi connectivity index (χ0n) is 17.4. The lowest BCUT2D eigenvalue weighted by molar-refractivity contribution is -0.151. The number of methoxy groups -OCH3 is 1. The fraction of sp³-hybridized carbons (Fsp3) is 0.333. The van der Waals surface area contributed by atoms with Crippen LogP contribution in [0.15, 0.2) is 36.7 Å². The van der Waals surface area contributed by atoms with Crippen molar-refractivity contribution in [2.24, 2.45) is 0 Å². The van der Waals surface area contributed by atoms with Crippen molar-refractivity contribution in [3.05, 3.63) is 46.6 Å². The number of aromatic nitrogens is 2. The van der Waals surface area contributed by atoms with Gasteiger partial charge in [-0.25, -0.2) is 9.97 Å². The quantitative estimate of drug-likeness (QED) is 0.557. The molecule has 0 spiro atoms. The molecule has 32 heavy (non-hydrogen) atoms. The van der Waals surface area contributed by atoms with Gasteiger partial charge in [-0.2, -0.15) is 0 Å². The molecule has 1 atom stereocenters. The standard InChI is InChI=1S/C21H22ClN5O4S/c1-30-10-14-8-26(19(29)11-31-20-5-4-17(22)32-20)9-18(28)27(14)7-13-2-3-15-16(6-13)24-12-25-21(15)23/h2-6,12,14H,7-11H2,1H3,(H2,23,24,25)/t14-/m1/s1.